The minimum Gasteiger partial charge on any atom is -0.352 e. The molecule has 0 fully saturated rings. The van der Waals surface area contributed by atoms with Crippen LogP contribution in [0, 0.1) is 11.7 Å². The summed E-state index contributed by atoms with van der Waals surface area (Å²) in [6, 6.07) is 13.3. The summed E-state index contributed by atoms with van der Waals surface area (Å²) in [5.74, 6) is -2.62. The van der Waals surface area contributed by atoms with E-state index in [1.165, 1.54) is 42.5 Å². The van der Waals surface area contributed by atoms with Gasteiger partial charge in [-0.3, -0.25) is 14.4 Å². The number of rotatable bonds is 8. The molecule has 0 radical (unpaired) electrons. The number of benzene rings is 3. The zero-order valence-corrected chi connectivity index (χ0v) is 23.7. The molecule has 0 spiro atoms. The van der Waals surface area contributed by atoms with Crippen LogP contribution in [0.1, 0.15) is 40.3 Å². The normalized spacial score (nSPS) is 11.5. The SMILES string of the molecule is CC(C)C(=O)NCc1ccc(Cl)c(C(=O)Nc2ccc3c(c2)cc(C(=O)Nc2cc(F)cc(Cl)c2)n3CC(F)(F)F)c1. The second-order valence-electron chi connectivity index (χ2n) is 9.76. The summed E-state index contributed by atoms with van der Waals surface area (Å²) in [7, 11) is 0. The van der Waals surface area contributed by atoms with Gasteiger partial charge in [-0.15, -0.1) is 0 Å². The minimum absolute atomic E-state index is 0.00697. The molecule has 13 heteroatoms. The van der Waals surface area contributed by atoms with E-state index in [-0.39, 0.29) is 62.0 Å². The zero-order valence-electron chi connectivity index (χ0n) is 22.2. The zero-order chi connectivity index (χ0) is 30.8. The summed E-state index contributed by atoms with van der Waals surface area (Å²) in [6.07, 6.45) is -4.66. The molecule has 3 N–H and O–H groups in total. The van der Waals surface area contributed by atoms with E-state index in [0.29, 0.717) is 5.56 Å². The van der Waals surface area contributed by atoms with Gasteiger partial charge >= 0.3 is 6.18 Å². The maximum atomic E-state index is 13.7. The van der Waals surface area contributed by atoms with E-state index in [9.17, 15) is 31.9 Å². The van der Waals surface area contributed by atoms with Gasteiger partial charge in [0.1, 0.15) is 18.1 Å². The molecule has 3 amide bonds. The van der Waals surface area contributed by atoms with Crippen molar-refractivity contribution >= 4 is 63.2 Å². The predicted molar refractivity (Wildman–Crippen MR) is 153 cm³/mol. The van der Waals surface area contributed by atoms with Crippen LogP contribution in [0.15, 0.2) is 60.7 Å². The molecular weight excluding hydrogens is 599 g/mol. The lowest BCUT2D eigenvalue weighted by atomic mass is 10.1. The summed E-state index contributed by atoms with van der Waals surface area (Å²) in [4.78, 5) is 37.9. The number of fused-ring (bicyclic) bond motifs is 1. The number of nitrogens with one attached hydrogen (secondary N) is 3. The van der Waals surface area contributed by atoms with Gasteiger partial charge in [0.25, 0.3) is 11.8 Å². The van der Waals surface area contributed by atoms with Crippen molar-refractivity contribution in [2.75, 3.05) is 10.6 Å². The number of nitrogens with zero attached hydrogens (tertiary/aromatic N) is 1. The van der Waals surface area contributed by atoms with E-state index in [1.54, 1.807) is 19.9 Å². The van der Waals surface area contributed by atoms with E-state index in [4.69, 9.17) is 23.2 Å². The van der Waals surface area contributed by atoms with Crippen LogP contribution < -0.4 is 16.0 Å². The number of anilines is 2. The summed E-state index contributed by atoms with van der Waals surface area (Å²) in [6.45, 7) is 2.21. The Morgan fingerprint density at radius 3 is 2.26 bits per heavy atom. The summed E-state index contributed by atoms with van der Waals surface area (Å²) >= 11 is 12.1. The molecule has 1 heterocycles. The van der Waals surface area contributed by atoms with Crippen molar-refractivity contribution in [3.8, 4) is 0 Å². The van der Waals surface area contributed by atoms with Crippen molar-refractivity contribution in [2.24, 2.45) is 5.92 Å². The van der Waals surface area contributed by atoms with Crippen LogP contribution in [0.2, 0.25) is 10.0 Å². The first kappa shape index (κ1) is 30.9. The molecule has 0 aliphatic heterocycles. The molecule has 3 aromatic carbocycles. The Morgan fingerprint density at radius 1 is 0.881 bits per heavy atom. The fourth-order valence-electron chi connectivity index (χ4n) is 4.16. The Morgan fingerprint density at radius 2 is 1.60 bits per heavy atom. The lowest BCUT2D eigenvalue weighted by molar-refractivity contribution is -0.140. The van der Waals surface area contributed by atoms with Crippen molar-refractivity contribution in [3.05, 3.63) is 93.3 Å². The van der Waals surface area contributed by atoms with Gasteiger partial charge in [-0.25, -0.2) is 4.39 Å². The fraction of sp³-hybridized carbons (Fsp3) is 0.207. The lowest BCUT2D eigenvalue weighted by Crippen LogP contribution is -2.27. The van der Waals surface area contributed by atoms with Crippen LogP contribution in [-0.4, -0.2) is 28.5 Å². The quantitative estimate of drug-likeness (QED) is 0.178. The van der Waals surface area contributed by atoms with Crippen molar-refractivity contribution < 1.29 is 31.9 Å². The first-order chi connectivity index (χ1) is 19.7. The van der Waals surface area contributed by atoms with Crippen LogP contribution in [0.3, 0.4) is 0 Å². The number of alkyl halides is 3. The van der Waals surface area contributed by atoms with Crippen LogP contribution in [0.25, 0.3) is 10.9 Å². The molecule has 1 aromatic heterocycles. The van der Waals surface area contributed by atoms with Crippen molar-refractivity contribution in [3.63, 3.8) is 0 Å². The largest absolute Gasteiger partial charge is 0.406 e. The number of halogens is 6. The molecule has 0 aliphatic carbocycles. The van der Waals surface area contributed by atoms with Gasteiger partial charge in [0.05, 0.1) is 10.6 Å². The van der Waals surface area contributed by atoms with Crippen LogP contribution >= 0.6 is 23.2 Å². The van der Waals surface area contributed by atoms with E-state index in [2.05, 4.69) is 16.0 Å². The fourth-order valence-corrected chi connectivity index (χ4v) is 4.58. The molecule has 42 heavy (non-hydrogen) atoms. The van der Waals surface area contributed by atoms with Gasteiger partial charge in [0.2, 0.25) is 5.91 Å². The van der Waals surface area contributed by atoms with Gasteiger partial charge in [0, 0.05) is 39.8 Å². The third-order valence-corrected chi connectivity index (χ3v) is 6.66. The highest BCUT2D eigenvalue weighted by Gasteiger charge is 2.31. The number of carbonyl (C=O) groups is 3. The van der Waals surface area contributed by atoms with Crippen LogP contribution in [0.4, 0.5) is 28.9 Å². The molecule has 0 saturated carbocycles. The topological polar surface area (TPSA) is 92.2 Å². The lowest BCUT2D eigenvalue weighted by Gasteiger charge is -2.14. The second-order valence-corrected chi connectivity index (χ2v) is 10.6. The minimum atomic E-state index is -4.66. The Bertz CT molecular complexity index is 1670. The number of carbonyl (C=O) groups excluding carboxylic acids is 3. The number of amides is 3. The van der Waals surface area contributed by atoms with Crippen molar-refractivity contribution in [2.45, 2.75) is 33.1 Å². The van der Waals surface area contributed by atoms with Gasteiger partial charge in [-0.2, -0.15) is 13.2 Å². The van der Waals surface area contributed by atoms with E-state index in [1.807, 2.05) is 0 Å². The second kappa shape index (κ2) is 12.4. The van der Waals surface area contributed by atoms with E-state index < -0.39 is 30.4 Å². The van der Waals surface area contributed by atoms with Gasteiger partial charge in [0.15, 0.2) is 0 Å². The van der Waals surface area contributed by atoms with Crippen molar-refractivity contribution in [1.82, 2.24) is 9.88 Å². The maximum Gasteiger partial charge on any atom is 0.406 e. The van der Waals surface area contributed by atoms with Gasteiger partial charge < -0.3 is 20.5 Å². The molecule has 0 saturated heterocycles. The molecule has 7 nitrogen and oxygen atoms in total. The molecule has 4 aromatic rings. The maximum absolute atomic E-state index is 13.7. The molecule has 0 aliphatic rings. The van der Waals surface area contributed by atoms with Gasteiger partial charge in [-0.05, 0) is 60.2 Å². The molecule has 0 bridgehead atoms. The summed E-state index contributed by atoms with van der Waals surface area (Å²) < 4.78 is 54.9. The van der Waals surface area contributed by atoms with Crippen LogP contribution in [-0.2, 0) is 17.9 Å². The first-order valence-electron chi connectivity index (χ1n) is 12.5. The molecule has 220 valence electrons. The highest BCUT2D eigenvalue weighted by molar-refractivity contribution is 6.34. The summed E-state index contributed by atoms with van der Waals surface area (Å²) in [5, 5.41) is 8.16. The number of aromatic nitrogens is 1. The third-order valence-electron chi connectivity index (χ3n) is 6.12. The Kier molecular flexibility index (Phi) is 9.12. The molecule has 0 atom stereocenters. The monoisotopic (exact) mass is 622 g/mol. The standard InChI is InChI=1S/C29H24Cl2F4N4O3/c1-15(2)26(40)36-13-16-3-5-23(31)22(7-16)27(41)37-20-4-6-24-17(8-20)9-25(39(24)14-29(33,34)35)28(42)38-21-11-18(30)10-19(32)12-21/h3-12,15H,13-14H2,1-2H3,(H,36,40)(H,37,41)(H,38,42). The number of hydrogen-bond acceptors (Lipinski definition) is 3. The van der Waals surface area contributed by atoms with Crippen LogP contribution in [0.5, 0.6) is 0 Å². The van der Waals surface area contributed by atoms with Gasteiger partial charge in [-0.1, -0.05) is 43.1 Å². The average molecular weight is 623 g/mol. The van der Waals surface area contributed by atoms with Crippen molar-refractivity contribution in [1.29, 1.82) is 0 Å². The predicted octanol–water partition coefficient (Wildman–Crippen LogP) is 7.43. The Labute approximate surface area is 247 Å². The average Bonchev–Trinajstić information content (AvgIpc) is 3.23. The first-order valence-corrected chi connectivity index (χ1v) is 13.3. The van der Waals surface area contributed by atoms with E-state index in [0.717, 1.165) is 16.7 Å². The summed E-state index contributed by atoms with van der Waals surface area (Å²) in [5.41, 5.74) is 0.684. The molecular formula is C29H24Cl2F4N4O3. The third kappa shape index (κ3) is 7.59. The Balaban J connectivity index is 1.61. The molecule has 4 rings (SSSR count). The highest BCUT2D eigenvalue weighted by Crippen LogP contribution is 2.29. The number of hydrogen-bond donors (Lipinski definition) is 3. The Hall–Kier alpha value is -4.09. The highest BCUT2D eigenvalue weighted by atomic mass is 35.5. The molecule has 0 unspecified atom stereocenters. The van der Waals surface area contributed by atoms with E-state index >= 15 is 0 Å². The smallest absolute Gasteiger partial charge is 0.352 e.